The molecule has 12 heteroatoms. The van der Waals surface area contributed by atoms with Crippen LogP contribution in [0.2, 0.25) is 0 Å². The number of aliphatic hydroxyl groups is 1. The molecule has 0 aliphatic heterocycles. The first-order chi connectivity index (χ1) is 7.61. The first kappa shape index (κ1) is 14.5. The highest BCUT2D eigenvalue weighted by molar-refractivity contribution is 7.52. The Bertz CT molecular complexity index is 448. The number of aromatic nitrogens is 2. The third kappa shape index (κ3) is 4.30. The van der Waals surface area contributed by atoms with Crippen molar-refractivity contribution in [1.29, 1.82) is 0 Å². The van der Waals surface area contributed by atoms with Crippen molar-refractivity contribution in [2.75, 3.05) is 0 Å². The van der Waals surface area contributed by atoms with E-state index in [9.17, 15) is 14.2 Å². The lowest BCUT2D eigenvalue weighted by Gasteiger charge is -2.24. The molecule has 98 valence electrons. The summed E-state index contributed by atoms with van der Waals surface area (Å²) < 4.78 is 26.2. The number of imidazole rings is 1. The maximum Gasteiger partial charge on any atom is 0.472 e. The van der Waals surface area contributed by atoms with Crippen LogP contribution in [0, 0.1) is 0 Å². The standard InChI is InChI=1S/C5H10N2O8P2/c8-5(15-17(12,13)14)4(16(9,10)11)7-2-1-6-3-7/h1-5,8H,(H2,9,10,11)(H2,12,13,14). The van der Waals surface area contributed by atoms with Crippen molar-refractivity contribution in [1.82, 2.24) is 9.55 Å². The van der Waals surface area contributed by atoms with Gasteiger partial charge in [0.25, 0.3) is 0 Å². The molecule has 0 aliphatic rings. The molecule has 0 saturated carbocycles. The van der Waals surface area contributed by atoms with Crippen molar-refractivity contribution in [2.45, 2.75) is 12.1 Å². The highest BCUT2D eigenvalue weighted by atomic mass is 31.2. The van der Waals surface area contributed by atoms with Crippen LogP contribution < -0.4 is 0 Å². The van der Waals surface area contributed by atoms with Crippen LogP contribution in [0.15, 0.2) is 18.7 Å². The summed E-state index contributed by atoms with van der Waals surface area (Å²) in [5, 5.41) is 9.30. The van der Waals surface area contributed by atoms with Crippen molar-refractivity contribution in [2.24, 2.45) is 0 Å². The predicted molar refractivity (Wildman–Crippen MR) is 52.4 cm³/mol. The fourth-order valence-corrected chi connectivity index (χ4v) is 2.48. The Kier molecular flexibility index (Phi) is 4.23. The Morgan fingerprint density at radius 1 is 1.24 bits per heavy atom. The molecular weight excluding hydrogens is 278 g/mol. The van der Waals surface area contributed by atoms with E-state index in [1.807, 2.05) is 0 Å². The lowest BCUT2D eigenvalue weighted by atomic mass is 10.6. The lowest BCUT2D eigenvalue weighted by Crippen LogP contribution is -2.25. The Labute approximate surface area is 94.9 Å². The Balaban J connectivity index is 3.01. The van der Waals surface area contributed by atoms with Crippen molar-refractivity contribution >= 4 is 15.4 Å². The van der Waals surface area contributed by atoms with Gasteiger partial charge in [0, 0.05) is 12.4 Å². The number of rotatable bonds is 5. The molecule has 0 saturated heterocycles. The van der Waals surface area contributed by atoms with E-state index in [2.05, 4.69) is 9.51 Å². The predicted octanol–water partition coefficient (Wildman–Crippen LogP) is -1.01. The van der Waals surface area contributed by atoms with Crippen LogP contribution in [0.25, 0.3) is 0 Å². The van der Waals surface area contributed by atoms with E-state index >= 15 is 0 Å². The van der Waals surface area contributed by atoms with E-state index < -0.39 is 27.5 Å². The third-order valence-corrected chi connectivity index (χ3v) is 3.38. The second kappa shape index (κ2) is 4.97. The fourth-order valence-electron chi connectivity index (χ4n) is 1.11. The van der Waals surface area contributed by atoms with Gasteiger partial charge in [0.1, 0.15) is 0 Å². The van der Waals surface area contributed by atoms with Crippen LogP contribution in [0.5, 0.6) is 0 Å². The van der Waals surface area contributed by atoms with E-state index in [1.165, 1.54) is 6.20 Å². The van der Waals surface area contributed by atoms with Gasteiger partial charge in [-0.05, 0) is 0 Å². The van der Waals surface area contributed by atoms with E-state index in [4.69, 9.17) is 19.6 Å². The number of aliphatic hydroxyl groups excluding tert-OH is 1. The zero-order chi connectivity index (χ0) is 13.3. The summed E-state index contributed by atoms with van der Waals surface area (Å²) in [5.74, 6) is -1.99. The Morgan fingerprint density at radius 3 is 2.18 bits per heavy atom. The SMILES string of the molecule is O=P(O)(O)OC(O)C(n1ccnc1)P(=O)(O)O. The minimum Gasteiger partial charge on any atom is -0.365 e. The highest BCUT2D eigenvalue weighted by Crippen LogP contribution is 2.53. The van der Waals surface area contributed by atoms with Gasteiger partial charge < -0.3 is 29.2 Å². The van der Waals surface area contributed by atoms with Crippen LogP contribution >= 0.6 is 15.4 Å². The minimum absolute atomic E-state index is 0.793. The molecule has 0 radical (unpaired) electrons. The van der Waals surface area contributed by atoms with Crippen molar-refractivity contribution in [3.8, 4) is 0 Å². The zero-order valence-corrected chi connectivity index (χ0v) is 9.93. The minimum atomic E-state index is -5.07. The molecule has 1 heterocycles. The van der Waals surface area contributed by atoms with E-state index in [-0.39, 0.29) is 0 Å². The van der Waals surface area contributed by atoms with Gasteiger partial charge in [-0.1, -0.05) is 0 Å². The summed E-state index contributed by atoms with van der Waals surface area (Å²) >= 11 is 0. The topological polar surface area (TPSA) is 162 Å². The van der Waals surface area contributed by atoms with Crippen LogP contribution in [-0.2, 0) is 13.7 Å². The quantitative estimate of drug-likeness (QED) is 0.337. The molecule has 0 amide bonds. The lowest BCUT2D eigenvalue weighted by molar-refractivity contribution is -0.0564. The highest BCUT2D eigenvalue weighted by Gasteiger charge is 2.40. The molecule has 10 nitrogen and oxygen atoms in total. The van der Waals surface area contributed by atoms with Crippen molar-refractivity contribution in [3.63, 3.8) is 0 Å². The summed E-state index contributed by atoms with van der Waals surface area (Å²) in [6.45, 7) is 0. The summed E-state index contributed by atoms with van der Waals surface area (Å²) in [7, 11) is -9.98. The van der Waals surface area contributed by atoms with Crippen LogP contribution in [0.1, 0.15) is 5.78 Å². The van der Waals surface area contributed by atoms with E-state index in [0.29, 0.717) is 0 Å². The molecule has 0 bridgehead atoms. The summed E-state index contributed by atoms with van der Waals surface area (Å²) in [6.07, 6.45) is 0.865. The van der Waals surface area contributed by atoms with Crippen molar-refractivity contribution < 1.29 is 38.3 Å². The van der Waals surface area contributed by atoms with Gasteiger partial charge in [-0.25, -0.2) is 9.55 Å². The molecule has 1 aromatic heterocycles. The molecule has 17 heavy (non-hydrogen) atoms. The van der Waals surface area contributed by atoms with Crippen LogP contribution in [-0.4, -0.2) is 40.5 Å². The average Bonchev–Trinajstić information content (AvgIpc) is 2.49. The summed E-state index contributed by atoms with van der Waals surface area (Å²) in [6, 6.07) is 0. The first-order valence-electron chi connectivity index (χ1n) is 4.06. The zero-order valence-electron chi connectivity index (χ0n) is 8.14. The van der Waals surface area contributed by atoms with Gasteiger partial charge in [-0.3, -0.25) is 9.09 Å². The third-order valence-electron chi connectivity index (χ3n) is 1.68. The van der Waals surface area contributed by atoms with E-state index in [0.717, 1.165) is 17.1 Å². The molecule has 0 aliphatic carbocycles. The molecular formula is C5H10N2O8P2. The van der Waals surface area contributed by atoms with E-state index in [1.54, 1.807) is 0 Å². The largest absolute Gasteiger partial charge is 0.472 e. The molecule has 0 fully saturated rings. The summed E-state index contributed by atoms with van der Waals surface area (Å²) in [4.78, 5) is 38.4. The summed E-state index contributed by atoms with van der Waals surface area (Å²) in [5.41, 5.74) is 0. The van der Waals surface area contributed by atoms with Gasteiger partial charge in [0.05, 0.1) is 6.33 Å². The molecule has 1 rings (SSSR count). The molecule has 2 unspecified atom stereocenters. The normalized spacial score (nSPS) is 16.8. The monoisotopic (exact) mass is 288 g/mol. The van der Waals surface area contributed by atoms with Gasteiger partial charge >= 0.3 is 15.4 Å². The fraction of sp³-hybridized carbons (Fsp3) is 0.400. The number of hydrogen-bond donors (Lipinski definition) is 5. The Morgan fingerprint density at radius 2 is 1.82 bits per heavy atom. The van der Waals surface area contributed by atoms with Gasteiger partial charge in [-0.15, -0.1) is 0 Å². The molecule has 0 aromatic carbocycles. The average molecular weight is 288 g/mol. The number of nitrogens with zero attached hydrogens (tertiary/aromatic N) is 2. The van der Waals surface area contributed by atoms with Crippen molar-refractivity contribution in [3.05, 3.63) is 18.7 Å². The second-order valence-electron chi connectivity index (χ2n) is 3.00. The van der Waals surface area contributed by atoms with Crippen LogP contribution in [0.3, 0.4) is 0 Å². The first-order valence-corrected chi connectivity index (χ1v) is 7.27. The smallest absolute Gasteiger partial charge is 0.365 e. The molecule has 1 aromatic rings. The second-order valence-corrected chi connectivity index (χ2v) is 5.90. The number of phosphoric acid groups is 1. The maximum absolute atomic E-state index is 11.1. The number of phosphoric ester groups is 1. The molecule has 0 spiro atoms. The number of hydrogen-bond acceptors (Lipinski definition) is 5. The maximum atomic E-state index is 11.1. The molecule has 5 N–H and O–H groups in total. The molecule has 2 atom stereocenters. The van der Waals surface area contributed by atoms with Gasteiger partial charge in [0.15, 0.2) is 12.1 Å². The van der Waals surface area contributed by atoms with Crippen LogP contribution in [0.4, 0.5) is 0 Å². The van der Waals surface area contributed by atoms with Gasteiger partial charge in [-0.2, -0.15) is 0 Å². The Hall–Kier alpha value is -0.570. The van der Waals surface area contributed by atoms with Gasteiger partial charge in [0.2, 0.25) is 0 Å².